The van der Waals surface area contributed by atoms with E-state index in [9.17, 15) is 13.2 Å². The van der Waals surface area contributed by atoms with Crippen LogP contribution in [-0.4, -0.2) is 61.8 Å². The average Bonchev–Trinajstić information content (AvgIpc) is 2.88. The van der Waals surface area contributed by atoms with E-state index in [-0.39, 0.29) is 23.3 Å². The second-order valence-electron chi connectivity index (χ2n) is 6.62. The summed E-state index contributed by atoms with van der Waals surface area (Å²) in [4.78, 5) is 16.6. The molecule has 1 aromatic rings. The Hall–Kier alpha value is -1.40. The molecule has 3 rings (SSSR count). The zero-order valence-corrected chi connectivity index (χ0v) is 14.2. The quantitative estimate of drug-likeness (QED) is 0.828. The maximum Gasteiger partial charge on any atom is 0.222 e. The topological polar surface area (TPSA) is 57.7 Å². The van der Waals surface area contributed by atoms with Crippen LogP contribution in [0.5, 0.6) is 0 Å². The first kappa shape index (κ1) is 16.5. The van der Waals surface area contributed by atoms with Gasteiger partial charge in [-0.2, -0.15) is 0 Å². The molecule has 1 unspecified atom stereocenters. The minimum Gasteiger partial charge on any atom is -0.340 e. The summed E-state index contributed by atoms with van der Waals surface area (Å²) < 4.78 is 23.0. The van der Waals surface area contributed by atoms with E-state index in [1.54, 1.807) is 0 Å². The third-order valence-corrected chi connectivity index (χ3v) is 6.60. The van der Waals surface area contributed by atoms with Gasteiger partial charge in [-0.15, -0.1) is 0 Å². The standard InChI is InChI=1S/C17H24N2O3S/c20-17(12-16-6-11-23(21,22)14-16)19-9-7-18(8-10-19)13-15-4-2-1-3-5-15/h1-5,16H,6-14H2. The van der Waals surface area contributed by atoms with Gasteiger partial charge in [0.1, 0.15) is 0 Å². The summed E-state index contributed by atoms with van der Waals surface area (Å²) in [5.74, 6) is 0.573. The van der Waals surface area contributed by atoms with E-state index in [0.717, 1.165) is 32.7 Å². The molecule has 5 nitrogen and oxygen atoms in total. The van der Waals surface area contributed by atoms with Crippen LogP contribution in [-0.2, 0) is 21.2 Å². The normalized spacial score (nSPS) is 24.7. The molecule has 1 amide bonds. The number of carbonyl (C=O) groups is 1. The van der Waals surface area contributed by atoms with Gasteiger partial charge in [0, 0.05) is 39.1 Å². The lowest BCUT2D eigenvalue weighted by atomic mass is 10.0. The Morgan fingerprint density at radius 2 is 1.78 bits per heavy atom. The van der Waals surface area contributed by atoms with Gasteiger partial charge in [0.05, 0.1) is 11.5 Å². The van der Waals surface area contributed by atoms with E-state index in [1.807, 2.05) is 23.1 Å². The molecular formula is C17H24N2O3S. The molecule has 0 bridgehead atoms. The molecule has 6 heteroatoms. The fraction of sp³-hybridized carbons (Fsp3) is 0.588. The summed E-state index contributed by atoms with van der Waals surface area (Å²) >= 11 is 0. The van der Waals surface area contributed by atoms with E-state index in [4.69, 9.17) is 0 Å². The first-order valence-electron chi connectivity index (χ1n) is 8.26. The third-order valence-electron chi connectivity index (χ3n) is 4.76. The first-order chi connectivity index (χ1) is 11.0. The minimum atomic E-state index is -2.89. The van der Waals surface area contributed by atoms with Gasteiger partial charge in [0.25, 0.3) is 0 Å². The lowest BCUT2D eigenvalue weighted by Crippen LogP contribution is -2.48. The fourth-order valence-corrected chi connectivity index (χ4v) is 5.27. The minimum absolute atomic E-state index is 0.0230. The second-order valence-corrected chi connectivity index (χ2v) is 8.84. The Morgan fingerprint density at radius 1 is 1.09 bits per heavy atom. The molecule has 2 heterocycles. The van der Waals surface area contributed by atoms with Crippen LogP contribution in [0.3, 0.4) is 0 Å². The number of hydrogen-bond donors (Lipinski definition) is 0. The van der Waals surface area contributed by atoms with Crippen molar-refractivity contribution in [3.63, 3.8) is 0 Å². The summed E-state index contributed by atoms with van der Waals surface area (Å²) in [5, 5.41) is 0. The van der Waals surface area contributed by atoms with Crippen molar-refractivity contribution in [1.29, 1.82) is 0 Å². The van der Waals surface area contributed by atoms with Crippen LogP contribution < -0.4 is 0 Å². The van der Waals surface area contributed by atoms with Gasteiger partial charge < -0.3 is 4.90 Å². The monoisotopic (exact) mass is 336 g/mol. The zero-order valence-electron chi connectivity index (χ0n) is 13.4. The number of piperazine rings is 1. The molecule has 126 valence electrons. The summed E-state index contributed by atoms with van der Waals surface area (Å²) in [5.41, 5.74) is 1.29. The molecule has 1 atom stereocenters. The average molecular weight is 336 g/mol. The van der Waals surface area contributed by atoms with E-state index in [0.29, 0.717) is 12.8 Å². The molecule has 1 aromatic carbocycles. The van der Waals surface area contributed by atoms with Crippen LogP contribution in [0.2, 0.25) is 0 Å². The van der Waals surface area contributed by atoms with Crippen LogP contribution in [0.15, 0.2) is 30.3 Å². The van der Waals surface area contributed by atoms with Gasteiger partial charge in [-0.25, -0.2) is 8.42 Å². The van der Waals surface area contributed by atoms with Gasteiger partial charge in [-0.3, -0.25) is 9.69 Å². The van der Waals surface area contributed by atoms with Crippen molar-refractivity contribution in [2.45, 2.75) is 19.4 Å². The van der Waals surface area contributed by atoms with Crippen molar-refractivity contribution in [1.82, 2.24) is 9.80 Å². The van der Waals surface area contributed by atoms with Crippen LogP contribution in [0.4, 0.5) is 0 Å². The van der Waals surface area contributed by atoms with Gasteiger partial charge in [-0.05, 0) is 17.9 Å². The molecule has 23 heavy (non-hydrogen) atoms. The van der Waals surface area contributed by atoms with Gasteiger partial charge >= 0.3 is 0 Å². The Morgan fingerprint density at radius 3 is 2.39 bits per heavy atom. The number of amides is 1. The highest BCUT2D eigenvalue weighted by Crippen LogP contribution is 2.22. The third kappa shape index (κ3) is 4.54. The number of benzene rings is 1. The van der Waals surface area contributed by atoms with Crippen LogP contribution in [0.25, 0.3) is 0 Å². The number of sulfone groups is 1. The van der Waals surface area contributed by atoms with E-state index in [1.165, 1.54) is 5.56 Å². The van der Waals surface area contributed by atoms with Crippen molar-refractivity contribution in [3.05, 3.63) is 35.9 Å². The molecule has 0 aliphatic carbocycles. The van der Waals surface area contributed by atoms with Gasteiger partial charge in [0.15, 0.2) is 9.84 Å². The zero-order chi connectivity index (χ0) is 16.3. The first-order valence-corrected chi connectivity index (χ1v) is 10.1. The summed E-state index contributed by atoms with van der Waals surface area (Å²) in [7, 11) is -2.89. The summed E-state index contributed by atoms with van der Waals surface area (Å²) in [6.45, 7) is 4.16. The second kappa shape index (κ2) is 7.01. The molecule has 2 fully saturated rings. The smallest absolute Gasteiger partial charge is 0.222 e. The maximum atomic E-state index is 12.3. The van der Waals surface area contributed by atoms with Crippen molar-refractivity contribution in [2.75, 3.05) is 37.7 Å². The largest absolute Gasteiger partial charge is 0.340 e. The number of hydrogen-bond acceptors (Lipinski definition) is 4. The highest BCUT2D eigenvalue weighted by molar-refractivity contribution is 7.91. The highest BCUT2D eigenvalue weighted by Gasteiger charge is 2.31. The molecular weight excluding hydrogens is 312 g/mol. The van der Waals surface area contributed by atoms with Gasteiger partial charge in [0.2, 0.25) is 5.91 Å². The number of rotatable bonds is 4. The number of carbonyl (C=O) groups excluding carboxylic acids is 1. The molecule has 0 radical (unpaired) electrons. The highest BCUT2D eigenvalue weighted by atomic mass is 32.2. The van der Waals surface area contributed by atoms with Crippen molar-refractivity contribution in [3.8, 4) is 0 Å². The Balaban J connectivity index is 1.44. The molecule has 0 spiro atoms. The van der Waals surface area contributed by atoms with Crippen molar-refractivity contribution in [2.24, 2.45) is 5.92 Å². The maximum absolute atomic E-state index is 12.3. The van der Waals surface area contributed by atoms with E-state index in [2.05, 4.69) is 17.0 Å². The molecule has 0 saturated carbocycles. The molecule has 2 saturated heterocycles. The van der Waals surface area contributed by atoms with Gasteiger partial charge in [-0.1, -0.05) is 30.3 Å². The lowest BCUT2D eigenvalue weighted by Gasteiger charge is -2.35. The van der Waals surface area contributed by atoms with Crippen molar-refractivity contribution >= 4 is 15.7 Å². The predicted octanol–water partition coefficient (Wildman–Crippen LogP) is 1.16. The SMILES string of the molecule is O=C(CC1CCS(=O)(=O)C1)N1CCN(Cc2ccccc2)CC1. The number of nitrogens with zero attached hydrogens (tertiary/aromatic N) is 2. The van der Waals surface area contributed by atoms with E-state index >= 15 is 0 Å². The van der Waals surface area contributed by atoms with Crippen LogP contribution in [0.1, 0.15) is 18.4 Å². The molecule has 0 aromatic heterocycles. The molecule has 2 aliphatic heterocycles. The fourth-order valence-electron chi connectivity index (χ4n) is 3.41. The summed E-state index contributed by atoms with van der Waals surface area (Å²) in [6, 6.07) is 10.4. The lowest BCUT2D eigenvalue weighted by molar-refractivity contribution is -0.133. The summed E-state index contributed by atoms with van der Waals surface area (Å²) in [6.07, 6.45) is 1.03. The van der Waals surface area contributed by atoms with Crippen molar-refractivity contribution < 1.29 is 13.2 Å². The molecule has 0 N–H and O–H groups in total. The molecule has 2 aliphatic rings. The Kier molecular flexibility index (Phi) is 5.02. The van der Waals surface area contributed by atoms with E-state index < -0.39 is 9.84 Å². The van der Waals surface area contributed by atoms with Crippen LogP contribution in [0, 0.1) is 5.92 Å². The predicted molar refractivity (Wildman–Crippen MR) is 89.7 cm³/mol. The van der Waals surface area contributed by atoms with Crippen LogP contribution >= 0.6 is 0 Å². The Bertz CT molecular complexity index is 637. The Labute approximate surface area is 138 Å².